The van der Waals surface area contributed by atoms with Gasteiger partial charge in [0.15, 0.2) is 18.0 Å². The van der Waals surface area contributed by atoms with Crippen molar-refractivity contribution in [3.63, 3.8) is 0 Å². The Kier molecular flexibility index (Phi) is 3.32. The third-order valence-corrected chi connectivity index (χ3v) is 1.82. The highest BCUT2D eigenvalue weighted by Crippen LogP contribution is 2.20. The number of esters is 1. The van der Waals surface area contributed by atoms with Crippen LogP contribution in [0.4, 0.5) is 0 Å². The maximum atomic E-state index is 10.6. The van der Waals surface area contributed by atoms with Gasteiger partial charge < -0.3 is 24.8 Å². The van der Waals surface area contributed by atoms with Crippen LogP contribution in [0.25, 0.3) is 0 Å². The number of aliphatic hydroxyl groups excluding tert-OH is 3. The number of hydrogen-bond acceptors (Lipinski definition) is 6. The normalized spacial score (nSPS) is 31.6. The van der Waals surface area contributed by atoms with Gasteiger partial charge in [-0.05, 0) is 0 Å². The SMILES string of the molecule is CC(=O)O[C@@H]1C(O)=CO[C@H](CO)[C@H]1O. The zero-order valence-electron chi connectivity index (χ0n) is 7.58. The van der Waals surface area contributed by atoms with Gasteiger partial charge in [0.25, 0.3) is 0 Å². The highest BCUT2D eigenvalue weighted by molar-refractivity contribution is 5.66. The maximum Gasteiger partial charge on any atom is 0.303 e. The molecule has 14 heavy (non-hydrogen) atoms. The first kappa shape index (κ1) is 10.8. The molecular weight excluding hydrogens is 192 g/mol. The average molecular weight is 204 g/mol. The van der Waals surface area contributed by atoms with Crippen LogP contribution in [-0.4, -0.2) is 46.2 Å². The van der Waals surface area contributed by atoms with Gasteiger partial charge in [-0.15, -0.1) is 0 Å². The van der Waals surface area contributed by atoms with E-state index in [0.29, 0.717) is 0 Å². The van der Waals surface area contributed by atoms with E-state index in [-0.39, 0.29) is 5.76 Å². The van der Waals surface area contributed by atoms with Crippen molar-refractivity contribution in [2.75, 3.05) is 6.61 Å². The monoisotopic (exact) mass is 204 g/mol. The lowest BCUT2D eigenvalue weighted by Gasteiger charge is -2.30. The molecule has 0 aromatic rings. The molecule has 0 fully saturated rings. The summed E-state index contributed by atoms with van der Waals surface area (Å²) in [4.78, 5) is 10.6. The molecule has 0 aromatic heterocycles. The van der Waals surface area contributed by atoms with Crippen molar-refractivity contribution in [1.82, 2.24) is 0 Å². The smallest absolute Gasteiger partial charge is 0.303 e. The lowest BCUT2D eigenvalue weighted by Crippen LogP contribution is -2.46. The lowest BCUT2D eigenvalue weighted by molar-refractivity contribution is -0.163. The minimum Gasteiger partial charge on any atom is -0.506 e. The number of aliphatic hydroxyl groups is 3. The summed E-state index contributed by atoms with van der Waals surface area (Å²) < 4.78 is 9.41. The third-order valence-electron chi connectivity index (χ3n) is 1.82. The molecule has 0 saturated carbocycles. The zero-order valence-corrected chi connectivity index (χ0v) is 7.58. The molecule has 1 rings (SSSR count). The van der Waals surface area contributed by atoms with Crippen molar-refractivity contribution in [3.8, 4) is 0 Å². The standard InChI is InChI=1S/C8H12O6/c1-4(10)14-8-5(11)3-13-6(2-9)7(8)12/h3,6-9,11-12H,2H2,1H3/t6-,7-,8-/m1/s1. The Morgan fingerprint density at radius 2 is 2.36 bits per heavy atom. The van der Waals surface area contributed by atoms with Crippen molar-refractivity contribution in [1.29, 1.82) is 0 Å². The predicted octanol–water partition coefficient (Wildman–Crippen LogP) is -0.931. The molecule has 0 amide bonds. The Balaban J connectivity index is 2.74. The average Bonchev–Trinajstić information content (AvgIpc) is 2.12. The van der Waals surface area contributed by atoms with Gasteiger partial charge in [0.2, 0.25) is 0 Å². The topological polar surface area (TPSA) is 96.2 Å². The fourth-order valence-electron chi connectivity index (χ4n) is 1.13. The molecule has 3 atom stereocenters. The van der Waals surface area contributed by atoms with Crippen molar-refractivity contribution in [2.24, 2.45) is 0 Å². The van der Waals surface area contributed by atoms with Crippen LogP contribution in [0.1, 0.15) is 6.92 Å². The van der Waals surface area contributed by atoms with Crippen LogP contribution in [0.5, 0.6) is 0 Å². The molecule has 0 aliphatic carbocycles. The van der Waals surface area contributed by atoms with E-state index in [2.05, 4.69) is 4.74 Å². The Bertz CT molecular complexity index is 248. The van der Waals surface area contributed by atoms with E-state index in [1.54, 1.807) is 0 Å². The summed E-state index contributed by atoms with van der Waals surface area (Å²) in [6.07, 6.45) is -2.39. The van der Waals surface area contributed by atoms with Crippen LogP contribution in [0.15, 0.2) is 12.0 Å². The second-order valence-corrected chi connectivity index (χ2v) is 2.92. The zero-order chi connectivity index (χ0) is 10.7. The van der Waals surface area contributed by atoms with E-state index >= 15 is 0 Å². The van der Waals surface area contributed by atoms with Crippen LogP contribution < -0.4 is 0 Å². The summed E-state index contributed by atoms with van der Waals surface area (Å²) >= 11 is 0. The first-order valence-electron chi connectivity index (χ1n) is 4.07. The summed E-state index contributed by atoms with van der Waals surface area (Å²) in [6, 6.07) is 0. The van der Waals surface area contributed by atoms with Gasteiger partial charge in [0.1, 0.15) is 12.4 Å². The number of ether oxygens (including phenoxy) is 2. The highest BCUT2D eigenvalue weighted by Gasteiger charge is 2.37. The largest absolute Gasteiger partial charge is 0.506 e. The second-order valence-electron chi connectivity index (χ2n) is 2.92. The molecule has 0 saturated heterocycles. The number of carbonyl (C=O) groups is 1. The molecule has 0 bridgehead atoms. The molecular formula is C8H12O6. The predicted molar refractivity (Wildman–Crippen MR) is 44.2 cm³/mol. The molecule has 3 N–H and O–H groups in total. The second kappa shape index (κ2) is 4.30. The molecule has 0 spiro atoms. The number of carbonyl (C=O) groups excluding carboxylic acids is 1. The van der Waals surface area contributed by atoms with E-state index in [1.807, 2.05) is 0 Å². The summed E-state index contributed by atoms with van der Waals surface area (Å²) in [5.41, 5.74) is 0. The first-order chi connectivity index (χ1) is 6.56. The van der Waals surface area contributed by atoms with E-state index in [1.165, 1.54) is 0 Å². The third kappa shape index (κ3) is 2.15. The van der Waals surface area contributed by atoms with Gasteiger partial charge in [0, 0.05) is 6.92 Å². The van der Waals surface area contributed by atoms with Crippen LogP contribution in [0.2, 0.25) is 0 Å². The van der Waals surface area contributed by atoms with Crippen LogP contribution >= 0.6 is 0 Å². The highest BCUT2D eigenvalue weighted by atomic mass is 16.6. The van der Waals surface area contributed by atoms with Gasteiger partial charge in [-0.1, -0.05) is 0 Å². The van der Waals surface area contributed by atoms with Crippen molar-refractivity contribution in [3.05, 3.63) is 12.0 Å². The van der Waals surface area contributed by atoms with Gasteiger partial charge >= 0.3 is 5.97 Å². The minimum atomic E-state index is -1.27. The Morgan fingerprint density at radius 3 is 2.86 bits per heavy atom. The van der Waals surface area contributed by atoms with Crippen molar-refractivity contribution in [2.45, 2.75) is 25.2 Å². The Hall–Kier alpha value is -1.27. The lowest BCUT2D eigenvalue weighted by atomic mass is 10.1. The summed E-state index contributed by atoms with van der Waals surface area (Å²) in [5.74, 6) is -1.01. The molecule has 1 aliphatic heterocycles. The minimum absolute atomic E-state index is 0.377. The van der Waals surface area contributed by atoms with Crippen molar-refractivity contribution < 1.29 is 29.6 Å². The molecule has 6 nitrogen and oxygen atoms in total. The van der Waals surface area contributed by atoms with Crippen LogP contribution in [0.3, 0.4) is 0 Å². The molecule has 0 unspecified atom stereocenters. The van der Waals surface area contributed by atoms with E-state index in [9.17, 15) is 15.0 Å². The van der Waals surface area contributed by atoms with Gasteiger partial charge in [-0.2, -0.15) is 0 Å². The summed E-state index contributed by atoms with van der Waals surface area (Å²) in [5, 5.41) is 27.5. The number of rotatable bonds is 2. The van der Waals surface area contributed by atoms with Crippen LogP contribution in [-0.2, 0) is 14.3 Å². The van der Waals surface area contributed by atoms with Gasteiger partial charge in [0.05, 0.1) is 6.61 Å². The first-order valence-corrected chi connectivity index (χ1v) is 4.07. The fourth-order valence-corrected chi connectivity index (χ4v) is 1.13. The molecule has 80 valence electrons. The van der Waals surface area contributed by atoms with E-state index in [4.69, 9.17) is 9.84 Å². The molecule has 1 heterocycles. The Labute approximate surface area is 80.4 Å². The van der Waals surface area contributed by atoms with Crippen molar-refractivity contribution >= 4 is 5.97 Å². The molecule has 1 aliphatic rings. The Morgan fingerprint density at radius 1 is 1.71 bits per heavy atom. The fraction of sp³-hybridized carbons (Fsp3) is 0.625. The van der Waals surface area contributed by atoms with Crippen LogP contribution in [0, 0.1) is 0 Å². The number of hydrogen-bond donors (Lipinski definition) is 3. The quantitative estimate of drug-likeness (QED) is 0.503. The summed E-state index contributed by atoms with van der Waals surface area (Å²) in [7, 11) is 0. The van der Waals surface area contributed by atoms with Gasteiger partial charge in [-0.3, -0.25) is 4.79 Å². The van der Waals surface area contributed by atoms with Gasteiger partial charge in [-0.25, -0.2) is 0 Å². The molecule has 0 aromatic carbocycles. The molecule has 0 radical (unpaired) electrons. The summed E-state index contributed by atoms with van der Waals surface area (Å²) in [6.45, 7) is 0.728. The van der Waals surface area contributed by atoms with E-state index in [0.717, 1.165) is 13.2 Å². The maximum absolute atomic E-state index is 10.6. The molecule has 6 heteroatoms. The van der Waals surface area contributed by atoms with E-state index < -0.39 is 30.9 Å².